The third-order valence-corrected chi connectivity index (χ3v) is 6.23. The summed E-state index contributed by atoms with van der Waals surface area (Å²) in [6.07, 6.45) is -0.388. The van der Waals surface area contributed by atoms with E-state index in [9.17, 15) is 18.0 Å². The minimum absolute atomic E-state index is 0.0873. The van der Waals surface area contributed by atoms with Gasteiger partial charge in [0.05, 0.1) is 17.1 Å². The van der Waals surface area contributed by atoms with Gasteiger partial charge < -0.3 is 14.7 Å². The van der Waals surface area contributed by atoms with E-state index >= 15 is 0 Å². The van der Waals surface area contributed by atoms with Gasteiger partial charge in [0.1, 0.15) is 6.04 Å². The molecule has 0 saturated carbocycles. The number of benzene rings is 1. The van der Waals surface area contributed by atoms with E-state index in [-0.39, 0.29) is 35.8 Å². The topological polar surface area (TPSA) is 104 Å². The van der Waals surface area contributed by atoms with Crippen LogP contribution >= 0.6 is 0 Å². The van der Waals surface area contributed by atoms with Crippen molar-refractivity contribution in [2.24, 2.45) is 0 Å². The van der Waals surface area contributed by atoms with Crippen LogP contribution in [0.15, 0.2) is 29.2 Å². The molecule has 1 fully saturated rings. The van der Waals surface area contributed by atoms with Crippen molar-refractivity contribution < 1.29 is 27.9 Å². The highest BCUT2D eigenvalue weighted by molar-refractivity contribution is 7.89. The molecule has 0 spiro atoms. The van der Waals surface area contributed by atoms with Gasteiger partial charge >= 0.3 is 5.97 Å². The maximum Gasteiger partial charge on any atom is 0.326 e. The molecule has 8 nitrogen and oxygen atoms in total. The van der Waals surface area contributed by atoms with Crippen LogP contribution in [0.2, 0.25) is 0 Å². The zero-order valence-electron chi connectivity index (χ0n) is 15.2. The number of carbonyl (C=O) groups is 2. The fourth-order valence-corrected chi connectivity index (χ4v) is 4.38. The van der Waals surface area contributed by atoms with Gasteiger partial charge in [-0.15, -0.1) is 0 Å². The number of ether oxygens (including phenoxy) is 1. The lowest BCUT2D eigenvalue weighted by Crippen LogP contribution is -2.48. The molecule has 26 heavy (non-hydrogen) atoms. The number of amides is 1. The number of sulfonamides is 1. The molecule has 0 radical (unpaired) electrons. The summed E-state index contributed by atoms with van der Waals surface area (Å²) in [6.45, 7) is 5.58. The molecular formula is C17H24N2O6S. The normalized spacial score (nSPS) is 22.6. The molecule has 0 aromatic heterocycles. The molecule has 1 aromatic carbocycles. The Labute approximate surface area is 153 Å². The van der Waals surface area contributed by atoms with Gasteiger partial charge in [-0.05, 0) is 45.0 Å². The smallest absolute Gasteiger partial charge is 0.326 e. The van der Waals surface area contributed by atoms with E-state index in [0.717, 1.165) is 4.90 Å². The fourth-order valence-electron chi connectivity index (χ4n) is 2.79. The Balaban J connectivity index is 2.20. The standard InChI is InChI=1S/C17H24N2O6S/c1-11-9-19(10-12(2)25-11)26(23,24)15-7-5-14(6-8-15)16(20)18(4)13(3)17(21)22/h5-8,11-13H,9-10H2,1-4H3,(H,21,22). The maximum atomic E-state index is 12.8. The zero-order valence-corrected chi connectivity index (χ0v) is 16.1. The van der Waals surface area contributed by atoms with Crippen LogP contribution in [-0.4, -0.2) is 73.0 Å². The van der Waals surface area contributed by atoms with Gasteiger partial charge in [0.15, 0.2) is 0 Å². The third kappa shape index (κ3) is 4.22. The number of hydrogen-bond acceptors (Lipinski definition) is 5. The Bertz CT molecular complexity index is 767. The molecule has 1 heterocycles. The molecule has 3 atom stereocenters. The van der Waals surface area contributed by atoms with E-state index in [1.165, 1.54) is 42.5 Å². The quantitative estimate of drug-likeness (QED) is 0.813. The summed E-state index contributed by atoms with van der Waals surface area (Å²) in [4.78, 5) is 24.5. The first-order chi connectivity index (χ1) is 12.0. The molecule has 1 saturated heterocycles. The molecule has 3 unspecified atom stereocenters. The van der Waals surface area contributed by atoms with Gasteiger partial charge in [-0.25, -0.2) is 13.2 Å². The molecule has 1 amide bonds. The van der Waals surface area contributed by atoms with Crippen LogP contribution in [0.25, 0.3) is 0 Å². The minimum Gasteiger partial charge on any atom is -0.480 e. The van der Waals surface area contributed by atoms with E-state index in [1.54, 1.807) is 0 Å². The number of aliphatic carboxylic acids is 1. The fraction of sp³-hybridized carbons (Fsp3) is 0.529. The van der Waals surface area contributed by atoms with Gasteiger partial charge in [-0.3, -0.25) is 4.79 Å². The highest BCUT2D eigenvalue weighted by atomic mass is 32.2. The van der Waals surface area contributed by atoms with Crippen LogP contribution in [0.3, 0.4) is 0 Å². The molecule has 0 bridgehead atoms. The van der Waals surface area contributed by atoms with Gasteiger partial charge in [0.2, 0.25) is 10.0 Å². The summed E-state index contributed by atoms with van der Waals surface area (Å²) >= 11 is 0. The predicted molar refractivity (Wildman–Crippen MR) is 94.4 cm³/mol. The maximum absolute atomic E-state index is 12.8. The van der Waals surface area contributed by atoms with E-state index in [1.807, 2.05) is 13.8 Å². The number of morpholine rings is 1. The first-order valence-corrected chi connectivity index (χ1v) is 9.73. The molecule has 144 valence electrons. The summed E-state index contributed by atoms with van der Waals surface area (Å²) in [7, 11) is -2.29. The molecule has 0 aliphatic carbocycles. The molecule has 1 aromatic rings. The van der Waals surface area contributed by atoms with Crippen molar-refractivity contribution in [2.45, 2.75) is 43.9 Å². The van der Waals surface area contributed by atoms with Crippen molar-refractivity contribution in [2.75, 3.05) is 20.1 Å². The lowest BCUT2D eigenvalue weighted by Gasteiger charge is -2.34. The summed E-state index contributed by atoms with van der Waals surface area (Å²) in [6, 6.07) is 4.54. The number of carboxylic acids is 1. The second kappa shape index (κ2) is 7.73. The van der Waals surface area contributed by atoms with Crippen molar-refractivity contribution in [1.29, 1.82) is 0 Å². The number of carbonyl (C=O) groups excluding carboxylic acids is 1. The van der Waals surface area contributed by atoms with Crippen molar-refractivity contribution in [1.82, 2.24) is 9.21 Å². The monoisotopic (exact) mass is 384 g/mol. The third-order valence-electron chi connectivity index (χ3n) is 4.38. The molecular weight excluding hydrogens is 360 g/mol. The van der Waals surface area contributed by atoms with E-state index in [4.69, 9.17) is 9.84 Å². The second-order valence-electron chi connectivity index (χ2n) is 6.53. The Kier molecular flexibility index (Phi) is 6.05. The Morgan fingerprint density at radius 1 is 1.19 bits per heavy atom. The number of carboxylic acid groups (broad SMARTS) is 1. The SMILES string of the molecule is CC1CN(S(=O)(=O)c2ccc(C(=O)N(C)C(C)C(=O)O)cc2)CC(C)O1. The first kappa shape index (κ1) is 20.3. The minimum atomic E-state index is -3.69. The van der Waals surface area contributed by atoms with Crippen molar-refractivity contribution >= 4 is 21.9 Å². The van der Waals surface area contributed by atoms with Crippen LogP contribution in [0.4, 0.5) is 0 Å². The van der Waals surface area contributed by atoms with Crippen LogP contribution in [0.5, 0.6) is 0 Å². The van der Waals surface area contributed by atoms with Crippen LogP contribution < -0.4 is 0 Å². The van der Waals surface area contributed by atoms with Crippen LogP contribution in [0.1, 0.15) is 31.1 Å². The summed E-state index contributed by atoms with van der Waals surface area (Å²) in [5.41, 5.74) is 0.225. The van der Waals surface area contributed by atoms with Gasteiger partial charge in [-0.1, -0.05) is 0 Å². The van der Waals surface area contributed by atoms with Crippen LogP contribution in [0, 0.1) is 0 Å². The number of rotatable bonds is 5. The van der Waals surface area contributed by atoms with Crippen LogP contribution in [-0.2, 0) is 19.6 Å². The molecule has 9 heteroatoms. The highest BCUT2D eigenvalue weighted by Gasteiger charge is 2.32. The lowest BCUT2D eigenvalue weighted by atomic mass is 10.2. The summed E-state index contributed by atoms with van der Waals surface area (Å²) < 4.78 is 32.5. The zero-order chi connectivity index (χ0) is 19.6. The van der Waals surface area contributed by atoms with E-state index in [0.29, 0.717) is 0 Å². The molecule has 1 N–H and O–H groups in total. The number of likely N-dealkylation sites (N-methyl/N-ethyl adjacent to an activating group) is 1. The molecule has 2 rings (SSSR count). The highest BCUT2D eigenvalue weighted by Crippen LogP contribution is 2.22. The predicted octanol–water partition coefficient (Wildman–Crippen LogP) is 1.03. The first-order valence-electron chi connectivity index (χ1n) is 8.29. The van der Waals surface area contributed by atoms with E-state index in [2.05, 4.69) is 0 Å². The summed E-state index contributed by atoms with van der Waals surface area (Å²) in [5.74, 6) is -1.60. The average molecular weight is 384 g/mol. The van der Waals surface area contributed by atoms with Gasteiger partial charge in [0, 0.05) is 25.7 Å². The van der Waals surface area contributed by atoms with E-state index < -0.39 is 27.9 Å². The summed E-state index contributed by atoms with van der Waals surface area (Å²) in [5, 5.41) is 9.00. The van der Waals surface area contributed by atoms with Crippen molar-refractivity contribution in [3.63, 3.8) is 0 Å². The lowest BCUT2D eigenvalue weighted by molar-refractivity contribution is -0.141. The average Bonchev–Trinajstić information content (AvgIpc) is 2.59. The Morgan fingerprint density at radius 3 is 2.15 bits per heavy atom. The largest absolute Gasteiger partial charge is 0.480 e. The number of nitrogens with zero attached hydrogens (tertiary/aromatic N) is 2. The Hall–Kier alpha value is -1.97. The number of hydrogen-bond donors (Lipinski definition) is 1. The molecule has 1 aliphatic rings. The Morgan fingerprint density at radius 2 is 1.69 bits per heavy atom. The van der Waals surface area contributed by atoms with Gasteiger partial charge in [-0.2, -0.15) is 4.31 Å². The molecule has 1 aliphatic heterocycles. The van der Waals surface area contributed by atoms with Crippen molar-refractivity contribution in [3.8, 4) is 0 Å². The van der Waals surface area contributed by atoms with Gasteiger partial charge in [0.25, 0.3) is 5.91 Å². The van der Waals surface area contributed by atoms with Crippen molar-refractivity contribution in [3.05, 3.63) is 29.8 Å². The second-order valence-corrected chi connectivity index (χ2v) is 8.47.